The van der Waals surface area contributed by atoms with Gasteiger partial charge in [0, 0.05) is 0 Å². The molecule has 0 aliphatic rings. The van der Waals surface area contributed by atoms with Crippen LogP contribution in [-0.2, 0) is 19.1 Å². The lowest BCUT2D eigenvalue weighted by Gasteiger charge is -2.24. The Balaban J connectivity index is 4.02. The maximum absolute atomic E-state index is 11.8. The highest BCUT2D eigenvalue weighted by Gasteiger charge is 2.34. The zero-order chi connectivity index (χ0) is 14.2. The van der Waals surface area contributed by atoms with Crippen molar-refractivity contribution >= 4 is 11.9 Å². The summed E-state index contributed by atoms with van der Waals surface area (Å²) in [5, 5.41) is 0. The van der Waals surface area contributed by atoms with E-state index in [1.54, 1.807) is 27.7 Å². The average molecular weight is 258 g/mol. The number of esters is 2. The molecule has 0 rings (SSSR count). The molecular weight excluding hydrogens is 232 g/mol. The van der Waals surface area contributed by atoms with Crippen molar-refractivity contribution in [3.05, 3.63) is 0 Å². The molecule has 18 heavy (non-hydrogen) atoms. The summed E-state index contributed by atoms with van der Waals surface area (Å²) in [6.45, 7) is 9.09. The van der Waals surface area contributed by atoms with Crippen molar-refractivity contribution in [1.29, 1.82) is 0 Å². The molecule has 0 unspecified atom stereocenters. The minimum atomic E-state index is -1.20. The van der Waals surface area contributed by atoms with Crippen LogP contribution < -0.4 is 0 Å². The van der Waals surface area contributed by atoms with E-state index in [9.17, 15) is 9.59 Å². The molecule has 4 nitrogen and oxygen atoms in total. The van der Waals surface area contributed by atoms with Gasteiger partial charge in [-0.05, 0) is 20.3 Å². The van der Waals surface area contributed by atoms with Crippen LogP contribution in [0.25, 0.3) is 0 Å². The minimum Gasteiger partial charge on any atom is -0.463 e. The first-order valence-electron chi connectivity index (χ1n) is 6.71. The van der Waals surface area contributed by atoms with Crippen LogP contribution in [0.5, 0.6) is 0 Å². The summed E-state index contributed by atoms with van der Waals surface area (Å²) in [6, 6.07) is 0. The van der Waals surface area contributed by atoms with E-state index in [1.807, 2.05) is 0 Å². The smallest absolute Gasteiger partial charge is 0.350 e. The van der Waals surface area contributed by atoms with Crippen LogP contribution in [0, 0.1) is 5.92 Å². The van der Waals surface area contributed by atoms with E-state index in [2.05, 4.69) is 6.92 Å². The molecule has 0 amide bonds. The Bertz CT molecular complexity index is 269. The highest BCUT2D eigenvalue weighted by molar-refractivity contribution is 5.83. The number of rotatable bonds is 8. The third-order valence-electron chi connectivity index (χ3n) is 2.55. The van der Waals surface area contributed by atoms with Gasteiger partial charge in [-0.25, -0.2) is 4.79 Å². The fraction of sp³-hybridized carbons (Fsp3) is 0.857. The van der Waals surface area contributed by atoms with Crippen LogP contribution in [0.4, 0.5) is 0 Å². The topological polar surface area (TPSA) is 52.6 Å². The molecule has 0 aliphatic carbocycles. The first-order valence-corrected chi connectivity index (χ1v) is 6.71. The van der Waals surface area contributed by atoms with Crippen molar-refractivity contribution in [3.63, 3.8) is 0 Å². The molecule has 0 saturated heterocycles. The second-order valence-electron chi connectivity index (χ2n) is 5.28. The number of carbonyl (C=O) groups excluding carboxylic acids is 2. The van der Waals surface area contributed by atoms with E-state index in [1.165, 1.54) is 0 Å². The zero-order valence-corrected chi connectivity index (χ0v) is 12.2. The van der Waals surface area contributed by atoms with Gasteiger partial charge in [0.15, 0.2) is 0 Å². The first-order chi connectivity index (χ1) is 8.31. The highest BCUT2D eigenvalue weighted by Crippen LogP contribution is 2.15. The Hall–Kier alpha value is -1.06. The quantitative estimate of drug-likeness (QED) is 0.496. The third kappa shape index (κ3) is 6.62. The summed E-state index contributed by atoms with van der Waals surface area (Å²) < 4.78 is 10.2. The van der Waals surface area contributed by atoms with Crippen molar-refractivity contribution in [2.45, 2.75) is 65.9 Å². The molecule has 0 aromatic rings. The molecule has 0 aliphatic heterocycles. The fourth-order valence-corrected chi connectivity index (χ4v) is 1.28. The van der Waals surface area contributed by atoms with Crippen molar-refractivity contribution in [3.8, 4) is 0 Å². The molecule has 0 fully saturated rings. The molecular formula is C14H26O4. The van der Waals surface area contributed by atoms with Gasteiger partial charge in [0.25, 0.3) is 0 Å². The van der Waals surface area contributed by atoms with E-state index in [0.717, 1.165) is 25.7 Å². The molecule has 0 bridgehead atoms. The largest absolute Gasteiger partial charge is 0.463 e. The van der Waals surface area contributed by atoms with E-state index >= 15 is 0 Å². The lowest BCUT2D eigenvalue weighted by atomic mass is 10.1. The summed E-state index contributed by atoms with van der Waals surface area (Å²) in [6.07, 6.45) is 4.19. The molecule has 0 radical (unpaired) electrons. The number of unbranched alkanes of at least 4 members (excludes halogenated alkanes) is 3. The van der Waals surface area contributed by atoms with Crippen LogP contribution in [-0.4, -0.2) is 24.1 Å². The standard InChI is InChI=1S/C14H26O4/c1-6-7-8-9-10-17-13(16)14(4,5)18-12(15)11(2)3/h11H,6-10H2,1-5H3. The Morgan fingerprint density at radius 2 is 1.72 bits per heavy atom. The Labute approximate surface area is 110 Å². The Kier molecular flexibility index (Phi) is 7.64. The minimum absolute atomic E-state index is 0.248. The summed E-state index contributed by atoms with van der Waals surface area (Å²) in [4.78, 5) is 23.2. The normalized spacial score (nSPS) is 11.4. The summed E-state index contributed by atoms with van der Waals surface area (Å²) in [5.74, 6) is -1.11. The molecule has 0 spiro atoms. The Morgan fingerprint density at radius 3 is 2.22 bits per heavy atom. The molecule has 106 valence electrons. The molecule has 0 heterocycles. The van der Waals surface area contributed by atoms with Crippen LogP contribution in [0.1, 0.15) is 60.3 Å². The second kappa shape index (κ2) is 8.11. The van der Waals surface area contributed by atoms with E-state index in [4.69, 9.17) is 9.47 Å². The number of carbonyl (C=O) groups is 2. The van der Waals surface area contributed by atoms with Gasteiger partial charge in [-0.2, -0.15) is 0 Å². The molecule has 0 atom stereocenters. The van der Waals surface area contributed by atoms with E-state index in [0.29, 0.717) is 6.61 Å². The number of hydrogen-bond donors (Lipinski definition) is 0. The summed E-state index contributed by atoms with van der Waals surface area (Å²) in [7, 11) is 0. The maximum Gasteiger partial charge on any atom is 0.350 e. The van der Waals surface area contributed by atoms with Crippen molar-refractivity contribution < 1.29 is 19.1 Å². The molecule has 0 saturated carbocycles. The average Bonchev–Trinajstić information content (AvgIpc) is 2.27. The molecule has 0 aromatic heterocycles. The predicted octanol–water partition coefficient (Wildman–Crippen LogP) is 3.09. The zero-order valence-electron chi connectivity index (χ0n) is 12.2. The number of ether oxygens (including phenoxy) is 2. The maximum atomic E-state index is 11.8. The summed E-state index contributed by atoms with van der Waals surface area (Å²) >= 11 is 0. The first kappa shape index (κ1) is 16.9. The van der Waals surface area contributed by atoms with Gasteiger partial charge < -0.3 is 9.47 Å². The molecule has 4 heteroatoms. The second-order valence-corrected chi connectivity index (χ2v) is 5.28. The van der Waals surface area contributed by atoms with Gasteiger partial charge in [-0.15, -0.1) is 0 Å². The monoisotopic (exact) mass is 258 g/mol. The van der Waals surface area contributed by atoms with Gasteiger partial charge in [-0.3, -0.25) is 4.79 Å². The van der Waals surface area contributed by atoms with Crippen LogP contribution >= 0.6 is 0 Å². The SMILES string of the molecule is CCCCCCOC(=O)C(C)(C)OC(=O)C(C)C. The lowest BCUT2D eigenvalue weighted by Crippen LogP contribution is -2.40. The Morgan fingerprint density at radius 1 is 1.11 bits per heavy atom. The van der Waals surface area contributed by atoms with Crippen LogP contribution in [0.3, 0.4) is 0 Å². The third-order valence-corrected chi connectivity index (χ3v) is 2.55. The molecule has 0 aromatic carbocycles. The van der Waals surface area contributed by atoms with Gasteiger partial charge in [0.2, 0.25) is 5.60 Å². The van der Waals surface area contributed by atoms with Crippen LogP contribution in [0.15, 0.2) is 0 Å². The highest BCUT2D eigenvalue weighted by atomic mass is 16.6. The number of hydrogen-bond acceptors (Lipinski definition) is 4. The van der Waals surface area contributed by atoms with Gasteiger partial charge >= 0.3 is 11.9 Å². The molecule has 0 N–H and O–H groups in total. The van der Waals surface area contributed by atoms with Gasteiger partial charge in [0.1, 0.15) is 0 Å². The van der Waals surface area contributed by atoms with E-state index < -0.39 is 11.6 Å². The van der Waals surface area contributed by atoms with Gasteiger partial charge in [-0.1, -0.05) is 40.0 Å². The summed E-state index contributed by atoms with van der Waals surface area (Å²) in [5.41, 5.74) is -1.20. The van der Waals surface area contributed by atoms with Crippen molar-refractivity contribution in [1.82, 2.24) is 0 Å². The van der Waals surface area contributed by atoms with Crippen LogP contribution in [0.2, 0.25) is 0 Å². The van der Waals surface area contributed by atoms with Crippen molar-refractivity contribution in [2.24, 2.45) is 5.92 Å². The van der Waals surface area contributed by atoms with E-state index in [-0.39, 0.29) is 11.9 Å². The van der Waals surface area contributed by atoms with Crippen molar-refractivity contribution in [2.75, 3.05) is 6.61 Å². The fourth-order valence-electron chi connectivity index (χ4n) is 1.28. The lowest BCUT2D eigenvalue weighted by molar-refractivity contribution is -0.180. The van der Waals surface area contributed by atoms with Gasteiger partial charge in [0.05, 0.1) is 12.5 Å². The predicted molar refractivity (Wildman–Crippen MR) is 70.1 cm³/mol.